The molecule has 0 aliphatic heterocycles. The second-order valence-electron chi connectivity index (χ2n) is 9.18. The van der Waals surface area contributed by atoms with E-state index in [4.69, 9.17) is 0 Å². The van der Waals surface area contributed by atoms with Crippen LogP contribution in [0.1, 0.15) is 51.0 Å². The van der Waals surface area contributed by atoms with Gasteiger partial charge in [0, 0.05) is 23.9 Å². The Labute approximate surface area is 175 Å². The lowest BCUT2D eigenvalue weighted by Crippen LogP contribution is -2.56. The van der Waals surface area contributed by atoms with Gasteiger partial charge >= 0.3 is 0 Å². The zero-order valence-electron chi connectivity index (χ0n) is 17.2. The number of amides is 2. The minimum Gasteiger partial charge on any atom is -0.352 e. The van der Waals surface area contributed by atoms with Crippen molar-refractivity contribution in [2.75, 3.05) is 0 Å². The van der Waals surface area contributed by atoms with Crippen molar-refractivity contribution in [2.45, 2.75) is 57.9 Å². The fraction of sp³-hybridized carbons (Fsp3) is 0.591. The first kappa shape index (κ1) is 20.5. The molecule has 4 fully saturated rings. The van der Waals surface area contributed by atoms with E-state index in [0.29, 0.717) is 29.2 Å². The predicted molar refractivity (Wildman–Crippen MR) is 112 cm³/mol. The second-order valence-corrected chi connectivity index (χ2v) is 9.18. The molecule has 2 N–H and O–H groups in total. The molecule has 4 bridgehead atoms. The summed E-state index contributed by atoms with van der Waals surface area (Å²) in [6.45, 7) is 1.72. The highest BCUT2D eigenvalue weighted by molar-refractivity contribution is 6.00. The zero-order chi connectivity index (χ0) is 21.3. The maximum Gasteiger partial charge on any atom is 0.269 e. The van der Waals surface area contributed by atoms with Crippen LogP contribution < -0.4 is 10.7 Å². The number of carbonyl (C=O) groups is 2. The average Bonchev–Trinajstić information content (AvgIpc) is 2.69. The highest BCUT2D eigenvalue weighted by atomic mass is 16.6. The number of nitro groups is 1. The fourth-order valence-electron chi connectivity index (χ4n) is 5.79. The second kappa shape index (κ2) is 8.53. The van der Waals surface area contributed by atoms with Crippen LogP contribution >= 0.6 is 0 Å². The molecule has 0 spiro atoms. The van der Waals surface area contributed by atoms with Crippen LogP contribution in [0.5, 0.6) is 0 Å². The van der Waals surface area contributed by atoms with Gasteiger partial charge in [-0.15, -0.1) is 0 Å². The number of benzene rings is 1. The number of hydrogen-bond acceptors (Lipinski definition) is 5. The molecular formula is C22H28N4O4. The molecular weight excluding hydrogens is 384 g/mol. The third-order valence-corrected chi connectivity index (χ3v) is 6.85. The number of carbonyl (C=O) groups excluding carboxylic acids is 2. The zero-order valence-corrected chi connectivity index (χ0v) is 17.2. The smallest absolute Gasteiger partial charge is 0.269 e. The normalized spacial score (nSPS) is 29.5. The highest BCUT2D eigenvalue weighted by Crippen LogP contribution is 2.53. The van der Waals surface area contributed by atoms with Crippen LogP contribution in [0.2, 0.25) is 0 Å². The van der Waals surface area contributed by atoms with Crippen LogP contribution in [0.15, 0.2) is 29.4 Å². The van der Waals surface area contributed by atoms with Crippen LogP contribution in [0.3, 0.4) is 0 Å². The van der Waals surface area contributed by atoms with Gasteiger partial charge in [0.25, 0.3) is 5.69 Å². The lowest BCUT2D eigenvalue weighted by molar-refractivity contribution is -0.384. The molecule has 0 saturated heterocycles. The summed E-state index contributed by atoms with van der Waals surface area (Å²) in [5, 5.41) is 18.0. The Bertz CT molecular complexity index is 836. The Balaban J connectivity index is 1.23. The Morgan fingerprint density at radius 3 is 2.20 bits per heavy atom. The summed E-state index contributed by atoms with van der Waals surface area (Å²) < 4.78 is 0. The Kier molecular flexibility index (Phi) is 5.83. The van der Waals surface area contributed by atoms with Crippen LogP contribution in [0, 0.1) is 33.8 Å². The van der Waals surface area contributed by atoms with Crippen molar-refractivity contribution in [1.82, 2.24) is 10.7 Å². The lowest BCUT2D eigenvalue weighted by Gasteiger charge is -2.54. The molecule has 0 atom stereocenters. The van der Waals surface area contributed by atoms with Gasteiger partial charge in [-0.25, -0.2) is 5.43 Å². The van der Waals surface area contributed by atoms with Gasteiger partial charge in [0.2, 0.25) is 11.8 Å². The predicted octanol–water partition coefficient (Wildman–Crippen LogP) is 2.96. The van der Waals surface area contributed by atoms with E-state index >= 15 is 0 Å². The minimum atomic E-state index is -0.480. The molecule has 1 aromatic carbocycles. The molecule has 0 aromatic heterocycles. The lowest BCUT2D eigenvalue weighted by atomic mass is 9.54. The van der Waals surface area contributed by atoms with Crippen LogP contribution in [-0.2, 0) is 16.0 Å². The van der Waals surface area contributed by atoms with E-state index in [0.717, 1.165) is 11.8 Å². The molecule has 4 saturated carbocycles. The molecule has 5 rings (SSSR count). The van der Waals surface area contributed by atoms with Gasteiger partial charge < -0.3 is 5.32 Å². The summed E-state index contributed by atoms with van der Waals surface area (Å²) >= 11 is 0. The molecule has 4 aliphatic rings. The van der Waals surface area contributed by atoms with Crippen LogP contribution in [-0.4, -0.2) is 28.5 Å². The van der Waals surface area contributed by atoms with Crippen LogP contribution in [0.25, 0.3) is 0 Å². The number of rotatable bonds is 7. The van der Waals surface area contributed by atoms with E-state index in [1.807, 2.05) is 0 Å². The topological polar surface area (TPSA) is 114 Å². The number of non-ortho nitro benzene ring substituents is 1. The summed E-state index contributed by atoms with van der Waals surface area (Å²) in [7, 11) is 0. The summed E-state index contributed by atoms with van der Waals surface area (Å²) in [5.74, 6) is 2.64. The van der Waals surface area contributed by atoms with Gasteiger partial charge in [-0.05, 0) is 68.3 Å². The maximum atomic E-state index is 12.5. The quantitative estimate of drug-likeness (QED) is 0.407. The third kappa shape index (κ3) is 4.68. The van der Waals surface area contributed by atoms with Gasteiger partial charge in [-0.3, -0.25) is 19.7 Å². The molecule has 160 valence electrons. The molecule has 0 unspecified atom stereocenters. The van der Waals surface area contributed by atoms with Gasteiger partial charge in [0.15, 0.2) is 0 Å². The van der Waals surface area contributed by atoms with Crippen LogP contribution in [0.4, 0.5) is 5.69 Å². The van der Waals surface area contributed by atoms with Crippen molar-refractivity contribution >= 4 is 23.2 Å². The Morgan fingerprint density at radius 1 is 1.03 bits per heavy atom. The number of nitrogens with zero attached hydrogens (tertiary/aromatic N) is 2. The first-order valence-electron chi connectivity index (χ1n) is 10.7. The summed E-state index contributed by atoms with van der Waals surface area (Å²) in [6.07, 6.45) is 6.63. The van der Waals surface area contributed by atoms with Gasteiger partial charge in [0.1, 0.15) is 0 Å². The number of nitro benzene ring substituents is 1. The monoisotopic (exact) mass is 412 g/mol. The standard InChI is InChI=1S/C22H28N4O4/c1-13(24-25-21(28)12-14-2-4-19(5-3-14)26(29)30)6-20(27)23-22-17-8-15-7-16(10-17)11-18(22)9-15/h2-5,15-18,22H,6-12H2,1H3,(H,23,27)(H,25,28). The van der Waals surface area contributed by atoms with E-state index in [1.165, 1.54) is 44.2 Å². The minimum absolute atomic E-state index is 0.0156. The Morgan fingerprint density at radius 2 is 1.63 bits per heavy atom. The molecule has 8 heteroatoms. The van der Waals surface area contributed by atoms with E-state index in [2.05, 4.69) is 15.8 Å². The van der Waals surface area contributed by atoms with Crippen molar-refractivity contribution in [1.29, 1.82) is 0 Å². The summed E-state index contributed by atoms with van der Waals surface area (Å²) in [5.41, 5.74) is 3.66. The fourth-order valence-corrected chi connectivity index (χ4v) is 5.79. The maximum absolute atomic E-state index is 12.5. The van der Waals surface area contributed by atoms with E-state index < -0.39 is 4.92 Å². The van der Waals surface area contributed by atoms with E-state index in [1.54, 1.807) is 19.1 Å². The van der Waals surface area contributed by atoms with Crippen molar-refractivity contribution in [3.63, 3.8) is 0 Å². The average molecular weight is 412 g/mol. The molecule has 0 heterocycles. The SMILES string of the molecule is CC(CC(=O)NC1C2CC3CC(C2)CC1C3)=NNC(=O)Cc1ccc([N+](=O)[O-])cc1. The number of nitrogens with one attached hydrogen (secondary N) is 2. The molecule has 4 aliphatic carbocycles. The number of hydrogen-bond donors (Lipinski definition) is 2. The van der Waals surface area contributed by atoms with Crippen molar-refractivity contribution in [3.05, 3.63) is 39.9 Å². The van der Waals surface area contributed by atoms with E-state index in [9.17, 15) is 19.7 Å². The van der Waals surface area contributed by atoms with Gasteiger partial charge in [-0.2, -0.15) is 5.10 Å². The molecule has 0 radical (unpaired) electrons. The van der Waals surface area contributed by atoms with Crippen molar-refractivity contribution < 1.29 is 14.5 Å². The van der Waals surface area contributed by atoms with Crippen molar-refractivity contribution in [3.8, 4) is 0 Å². The summed E-state index contributed by atoms with van der Waals surface area (Å²) in [6, 6.07) is 6.13. The molecule has 1 aromatic rings. The first-order valence-corrected chi connectivity index (χ1v) is 10.7. The third-order valence-electron chi connectivity index (χ3n) is 6.85. The number of hydrazone groups is 1. The molecule has 8 nitrogen and oxygen atoms in total. The van der Waals surface area contributed by atoms with Gasteiger partial charge in [0.05, 0.1) is 17.8 Å². The van der Waals surface area contributed by atoms with E-state index in [-0.39, 0.29) is 30.3 Å². The largest absolute Gasteiger partial charge is 0.352 e. The van der Waals surface area contributed by atoms with Crippen molar-refractivity contribution in [2.24, 2.45) is 28.8 Å². The van der Waals surface area contributed by atoms with Gasteiger partial charge in [-0.1, -0.05) is 12.1 Å². The Hall–Kier alpha value is -2.77. The first-order chi connectivity index (χ1) is 14.4. The molecule has 2 amide bonds. The highest BCUT2D eigenvalue weighted by Gasteiger charge is 2.48. The molecule has 30 heavy (non-hydrogen) atoms. The summed E-state index contributed by atoms with van der Waals surface area (Å²) in [4.78, 5) is 34.8.